The molecule has 3 unspecified atom stereocenters. The van der Waals surface area contributed by atoms with Crippen LogP contribution in [0.15, 0.2) is 24.3 Å². The van der Waals surface area contributed by atoms with E-state index >= 15 is 0 Å². The van der Waals surface area contributed by atoms with Gasteiger partial charge in [0.25, 0.3) is 0 Å². The fourth-order valence-corrected chi connectivity index (χ4v) is 4.21. The molecule has 3 atom stereocenters. The maximum Gasteiger partial charge on any atom is 0.416 e. The highest BCUT2D eigenvalue weighted by Crippen LogP contribution is 2.47. The molecule has 6 heteroatoms. The lowest BCUT2D eigenvalue weighted by atomic mass is 9.80. The van der Waals surface area contributed by atoms with Gasteiger partial charge >= 0.3 is 6.18 Å². The Morgan fingerprint density at radius 2 is 1.85 bits per heavy atom. The summed E-state index contributed by atoms with van der Waals surface area (Å²) in [6.45, 7) is 8.31. The molecule has 0 aliphatic carbocycles. The predicted molar refractivity (Wildman–Crippen MR) is 96.0 cm³/mol. The first kappa shape index (κ1) is 20.7. The van der Waals surface area contributed by atoms with Crippen LogP contribution in [0.25, 0.3) is 0 Å². The molecular weight excluding hydrogens is 343 g/mol. The Kier molecular flexibility index (Phi) is 5.23. The molecule has 26 heavy (non-hydrogen) atoms. The number of rotatable bonds is 2. The third-order valence-electron chi connectivity index (χ3n) is 5.64. The Balaban J connectivity index is 0.00000243. The van der Waals surface area contributed by atoms with E-state index < -0.39 is 17.3 Å². The van der Waals surface area contributed by atoms with Crippen LogP contribution in [0.2, 0.25) is 0 Å². The minimum Gasteiger partial charge on any atom is -0.369 e. The largest absolute Gasteiger partial charge is 0.416 e. The first-order valence-corrected chi connectivity index (χ1v) is 8.62. The molecule has 146 valence electrons. The summed E-state index contributed by atoms with van der Waals surface area (Å²) >= 11 is 0. The van der Waals surface area contributed by atoms with E-state index in [1.54, 1.807) is 6.07 Å². The molecule has 2 aliphatic rings. The molecule has 0 spiro atoms. The van der Waals surface area contributed by atoms with Gasteiger partial charge in [0.2, 0.25) is 5.91 Å². The number of hydrogen-bond acceptors (Lipinski definition) is 2. The van der Waals surface area contributed by atoms with Crippen molar-refractivity contribution in [2.75, 3.05) is 11.4 Å². The van der Waals surface area contributed by atoms with Gasteiger partial charge in [0, 0.05) is 24.1 Å². The van der Waals surface area contributed by atoms with Crippen molar-refractivity contribution >= 4 is 11.6 Å². The fraction of sp³-hybridized carbons (Fsp3) is 0.650. The SMILES string of the molecule is C.CC1C(=O)N(c2cccc(C(F)(F)F)c2)CC1C1(C)CCC(C)(C)O1. The average Bonchev–Trinajstić information content (AvgIpc) is 2.96. The summed E-state index contributed by atoms with van der Waals surface area (Å²) in [5, 5.41) is 0. The second-order valence-electron chi connectivity index (χ2n) is 8.07. The predicted octanol–water partition coefficient (Wildman–Crippen LogP) is 5.29. The van der Waals surface area contributed by atoms with Crippen molar-refractivity contribution in [1.29, 1.82) is 0 Å². The lowest BCUT2D eigenvalue weighted by Crippen LogP contribution is -2.40. The number of benzene rings is 1. The van der Waals surface area contributed by atoms with Crippen LogP contribution < -0.4 is 4.90 Å². The summed E-state index contributed by atoms with van der Waals surface area (Å²) in [5.41, 5.74) is -1.11. The van der Waals surface area contributed by atoms with Gasteiger partial charge in [-0.15, -0.1) is 0 Å². The number of alkyl halides is 3. The van der Waals surface area contributed by atoms with E-state index in [9.17, 15) is 18.0 Å². The Morgan fingerprint density at radius 1 is 1.19 bits per heavy atom. The van der Waals surface area contributed by atoms with Gasteiger partial charge in [-0.25, -0.2) is 0 Å². The molecule has 1 amide bonds. The highest BCUT2D eigenvalue weighted by Gasteiger charge is 2.53. The number of carbonyl (C=O) groups excluding carboxylic acids is 1. The van der Waals surface area contributed by atoms with Gasteiger partial charge in [0.15, 0.2) is 0 Å². The van der Waals surface area contributed by atoms with Crippen molar-refractivity contribution in [2.24, 2.45) is 11.8 Å². The van der Waals surface area contributed by atoms with Crippen molar-refractivity contribution < 1.29 is 22.7 Å². The molecule has 0 N–H and O–H groups in total. The summed E-state index contributed by atoms with van der Waals surface area (Å²) in [5.74, 6) is -0.469. The number of anilines is 1. The quantitative estimate of drug-likeness (QED) is 0.707. The van der Waals surface area contributed by atoms with Gasteiger partial charge in [-0.2, -0.15) is 13.2 Å². The fourth-order valence-electron chi connectivity index (χ4n) is 4.21. The van der Waals surface area contributed by atoms with E-state index in [4.69, 9.17) is 4.74 Å². The smallest absolute Gasteiger partial charge is 0.369 e. The lowest BCUT2D eigenvalue weighted by molar-refractivity contribution is -0.137. The summed E-state index contributed by atoms with van der Waals surface area (Å²) in [6, 6.07) is 4.98. The van der Waals surface area contributed by atoms with Gasteiger partial charge < -0.3 is 9.64 Å². The zero-order valence-corrected chi connectivity index (χ0v) is 15.0. The molecule has 2 saturated heterocycles. The van der Waals surface area contributed by atoms with Crippen molar-refractivity contribution in [2.45, 2.75) is 65.3 Å². The highest BCUT2D eigenvalue weighted by molar-refractivity contribution is 5.97. The minimum absolute atomic E-state index is 0. The minimum atomic E-state index is -4.42. The Bertz CT molecular complexity index is 686. The van der Waals surface area contributed by atoms with E-state index in [1.165, 1.54) is 11.0 Å². The monoisotopic (exact) mass is 371 g/mol. The van der Waals surface area contributed by atoms with Crippen LogP contribution in [0.4, 0.5) is 18.9 Å². The molecule has 1 aromatic carbocycles. The number of amides is 1. The van der Waals surface area contributed by atoms with Crippen molar-refractivity contribution in [3.8, 4) is 0 Å². The Morgan fingerprint density at radius 3 is 2.38 bits per heavy atom. The van der Waals surface area contributed by atoms with Crippen molar-refractivity contribution in [3.63, 3.8) is 0 Å². The van der Waals surface area contributed by atoms with Crippen LogP contribution >= 0.6 is 0 Å². The summed E-state index contributed by atoms with van der Waals surface area (Å²) < 4.78 is 45.2. The first-order chi connectivity index (χ1) is 11.4. The molecule has 0 radical (unpaired) electrons. The number of hydrogen-bond donors (Lipinski definition) is 0. The van der Waals surface area contributed by atoms with Gasteiger partial charge in [-0.05, 0) is 51.8 Å². The van der Waals surface area contributed by atoms with E-state index in [-0.39, 0.29) is 30.8 Å². The highest BCUT2D eigenvalue weighted by atomic mass is 19.4. The van der Waals surface area contributed by atoms with Crippen LogP contribution in [-0.4, -0.2) is 23.7 Å². The average molecular weight is 371 g/mol. The zero-order valence-electron chi connectivity index (χ0n) is 15.0. The maximum atomic E-state index is 13.0. The van der Waals surface area contributed by atoms with E-state index in [2.05, 4.69) is 0 Å². The lowest BCUT2D eigenvalue weighted by Gasteiger charge is -2.35. The van der Waals surface area contributed by atoms with Crippen molar-refractivity contribution in [3.05, 3.63) is 29.8 Å². The van der Waals surface area contributed by atoms with Crippen LogP contribution in [0.1, 0.15) is 53.5 Å². The van der Waals surface area contributed by atoms with Crippen LogP contribution in [0, 0.1) is 11.8 Å². The van der Waals surface area contributed by atoms with Crippen LogP contribution in [0.3, 0.4) is 0 Å². The maximum absolute atomic E-state index is 13.0. The third-order valence-corrected chi connectivity index (χ3v) is 5.64. The van der Waals surface area contributed by atoms with Gasteiger partial charge in [0.05, 0.1) is 16.8 Å². The topological polar surface area (TPSA) is 29.5 Å². The number of halogens is 3. The van der Waals surface area contributed by atoms with Crippen molar-refractivity contribution in [1.82, 2.24) is 0 Å². The second kappa shape index (κ2) is 6.55. The third kappa shape index (κ3) is 3.61. The first-order valence-electron chi connectivity index (χ1n) is 8.62. The Labute approximate surface area is 153 Å². The van der Waals surface area contributed by atoms with Gasteiger partial charge in [-0.3, -0.25) is 4.79 Å². The zero-order chi connectivity index (χ0) is 18.6. The summed E-state index contributed by atoms with van der Waals surface area (Å²) in [4.78, 5) is 14.2. The van der Waals surface area contributed by atoms with E-state index in [0.29, 0.717) is 12.2 Å². The summed E-state index contributed by atoms with van der Waals surface area (Å²) in [6.07, 6.45) is -2.67. The molecule has 3 nitrogen and oxygen atoms in total. The molecule has 0 saturated carbocycles. The standard InChI is InChI=1S/C19H24F3NO2.CH4/c1-12-15(18(4)9-8-17(2,3)25-18)11-23(16(12)24)14-7-5-6-13(10-14)19(20,21)22;/h5-7,10,12,15H,8-9,11H2,1-4H3;1H4. The molecular formula is C20H28F3NO2. The Hall–Kier alpha value is -1.56. The molecule has 0 bridgehead atoms. The molecule has 0 aromatic heterocycles. The number of ether oxygens (including phenoxy) is 1. The molecule has 2 aliphatic heterocycles. The van der Waals surface area contributed by atoms with E-state index in [1.807, 2.05) is 27.7 Å². The van der Waals surface area contributed by atoms with Crippen LogP contribution in [0.5, 0.6) is 0 Å². The molecule has 2 heterocycles. The molecule has 1 aromatic rings. The van der Waals surface area contributed by atoms with E-state index in [0.717, 1.165) is 25.0 Å². The van der Waals surface area contributed by atoms with Crippen LogP contribution in [-0.2, 0) is 15.7 Å². The van der Waals surface area contributed by atoms with Gasteiger partial charge in [0.1, 0.15) is 0 Å². The number of nitrogens with zero attached hydrogens (tertiary/aromatic N) is 1. The molecule has 2 fully saturated rings. The van der Waals surface area contributed by atoms with Gasteiger partial charge in [-0.1, -0.05) is 20.4 Å². The number of carbonyl (C=O) groups is 1. The second-order valence-corrected chi connectivity index (χ2v) is 8.07. The normalized spacial score (nSPS) is 31.2. The summed E-state index contributed by atoms with van der Waals surface area (Å²) in [7, 11) is 0. The molecule has 3 rings (SSSR count).